The van der Waals surface area contributed by atoms with Gasteiger partial charge in [-0.1, -0.05) is 19.8 Å². The zero-order valence-electron chi connectivity index (χ0n) is 11.5. The zero-order valence-corrected chi connectivity index (χ0v) is 11.5. The monoisotopic (exact) mass is 277 g/mol. The molecular weight excluding hydrogens is 258 g/mol. The summed E-state index contributed by atoms with van der Waals surface area (Å²) in [7, 11) is 0. The number of nitrogens with one attached hydrogen (secondary N) is 1. The normalized spacial score (nSPS) is 21.6. The second kappa shape index (κ2) is 5.90. The van der Waals surface area contributed by atoms with Crippen LogP contribution in [0.5, 0.6) is 0 Å². The lowest BCUT2D eigenvalue weighted by molar-refractivity contribution is -0.384. The lowest BCUT2D eigenvalue weighted by Crippen LogP contribution is -2.30. The van der Waals surface area contributed by atoms with Crippen LogP contribution in [0.1, 0.15) is 36.5 Å². The average molecular weight is 277 g/mol. The van der Waals surface area contributed by atoms with Gasteiger partial charge in [-0.25, -0.2) is 0 Å². The summed E-state index contributed by atoms with van der Waals surface area (Å²) in [5.41, 5.74) is 6.02. The van der Waals surface area contributed by atoms with Gasteiger partial charge in [-0.15, -0.1) is 0 Å². The van der Waals surface area contributed by atoms with Crippen LogP contribution in [0.25, 0.3) is 0 Å². The molecule has 1 aromatic carbocycles. The molecule has 6 nitrogen and oxygen atoms in total. The molecule has 2 rings (SSSR count). The van der Waals surface area contributed by atoms with Crippen LogP contribution in [0.2, 0.25) is 0 Å². The van der Waals surface area contributed by atoms with Crippen molar-refractivity contribution in [1.82, 2.24) is 5.32 Å². The predicted octanol–water partition coefficient (Wildman–Crippen LogP) is 2.34. The Balaban J connectivity index is 2.05. The summed E-state index contributed by atoms with van der Waals surface area (Å²) in [4.78, 5) is 22.3. The Bertz CT molecular complexity index is 530. The molecule has 1 amide bonds. The van der Waals surface area contributed by atoms with Gasteiger partial charge in [0.25, 0.3) is 11.6 Å². The number of benzene rings is 1. The summed E-state index contributed by atoms with van der Waals surface area (Å²) in [6.45, 7) is 2.79. The number of non-ortho nitro benzene ring substituents is 1. The molecule has 0 spiro atoms. The van der Waals surface area contributed by atoms with E-state index in [1.165, 1.54) is 31.0 Å². The molecule has 108 valence electrons. The van der Waals surface area contributed by atoms with Crippen LogP contribution in [0, 0.1) is 22.0 Å². The number of hydrogen-bond donors (Lipinski definition) is 2. The number of nitrogens with two attached hydrogens (primary N) is 1. The van der Waals surface area contributed by atoms with Crippen LogP contribution in [0.15, 0.2) is 18.2 Å². The number of nitro benzene ring substituents is 1. The lowest BCUT2D eigenvalue weighted by Gasteiger charge is -2.16. The van der Waals surface area contributed by atoms with Gasteiger partial charge in [0, 0.05) is 24.4 Å². The molecular formula is C14H19N3O3. The highest BCUT2D eigenvalue weighted by Crippen LogP contribution is 2.30. The Hall–Kier alpha value is -2.11. The van der Waals surface area contributed by atoms with Gasteiger partial charge in [0.15, 0.2) is 0 Å². The van der Waals surface area contributed by atoms with Crippen molar-refractivity contribution in [3.05, 3.63) is 33.9 Å². The first-order valence-electron chi connectivity index (χ1n) is 6.81. The van der Waals surface area contributed by atoms with E-state index in [-0.39, 0.29) is 22.8 Å². The summed E-state index contributed by atoms with van der Waals surface area (Å²) in [6.07, 6.45) is 3.51. The highest BCUT2D eigenvalue weighted by molar-refractivity contribution is 5.99. The largest absolute Gasteiger partial charge is 0.398 e. The van der Waals surface area contributed by atoms with Gasteiger partial charge >= 0.3 is 0 Å². The third-order valence-electron chi connectivity index (χ3n) is 4.06. The van der Waals surface area contributed by atoms with Gasteiger partial charge in [-0.05, 0) is 24.3 Å². The summed E-state index contributed by atoms with van der Waals surface area (Å²) in [5.74, 6) is 0.752. The lowest BCUT2D eigenvalue weighted by atomic mass is 9.98. The molecule has 0 bridgehead atoms. The third-order valence-corrected chi connectivity index (χ3v) is 4.06. The van der Waals surface area contributed by atoms with Crippen LogP contribution >= 0.6 is 0 Å². The quantitative estimate of drug-likeness (QED) is 0.501. The number of hydrogen-bond acceptors (Lipinski definition) is 4. The van der Waals surface area contributed by atoms with Crippen LogP contribution < -0.4 is 11.1 Å². The van der Waals surface area contributed by atoms with Gasteiger partial charge in [0.2, 0.25) is 0 Å². The average Bonchev–Trinajstić information content (AvgIpc) is 2.81. The number of amides is 1. The van der Waals surface area contributed by atoms with E-state index in [1.807, 2.05) is 0 Å². The molecule has 2 unspecified atom stereocenters. The molecule has 20 heavy (non-hydrogen) atoms. The Kier molecular flexibility index (Phi) is 4.22. The number of nitrogens with zero attached hydrogens (tertiary/aromatic N) is 1. The number of anilines is 1. The fourth-order valence-corrected chi connectivity index (χ4v) is 2.70. The van der Waals surface area contributed by atoms with Crippen molar-refractivity contribution >= 4 is 17.3 Å². The summed E-state index contributed by atoms with van der Waals surface area (Å²) < 4.78 is 0. The van der Waals surface area contributed by atoms with Crippen molar-refractivity contribution in [3.8, 4) is 0 Å². The maximum atomic E-state index is 12.1. The van der Waals surface area contributed by atoms with Gasteiger partial charge in [-0.3, -0.25) is 14.9 Å². The topological polar surface area (TPSA) is 98.3 Å². The molecule has 1 aliphatic carbocycles. The first-order chi connectivity index (χ1) is 9.49. The molecule has 0 aromatic heterocycles. The van der Waals surface area contributed by atoms with Gasteiger partial charge in [0.05, 0.1) is 10.5 Å². The molecule has 1 aromatic rings. The van der Waals surface area contributed by atoms with Crippen molar-refractivity contribution in [2.24, 2.45) is 11.8 Å². The van der Waals surface area contributed by atoms with E-state index in [0.29, 0.717) is 18.4 Å². The Morgan fingerprint density at radius 3 is 2.85 bits per heavy atom. The Morgan fingerprint density at radius 1 is 1.50 bits per heavy atom. The first-order valence-corrected chi connectivity index (χ1v) is 6.81. The van der Waals surface area contributed by atoms with E-state index >= 15 is 0 Å². The number of rotatable bonds is 4. The van der Waals surface area contributed by atoms with Crippen LogP contribution in [-0.2, 0) is 0 Å². The van der Waals surface area contributed by atoms with Gasteiger partial charge in [0.1, 0.15) is 0 Å². The Morgan fingerprint density at radius 2 is 2.25 bits per heavy atom. The minimum Gasteiger partial charge on any atom is -0.398 e. The molecule has 0 aliphatic heterocycles. The second-order valence-electron chi connectivity index (χ2n) is 5.41. The molecule has 1 aliphatic rings. The minimum absolute atomic E-state index is 0.126. The maximum Gasteiger partial charge on any atom is 0.270 e. The fraction of sp³-hybridized carbons (Fsp3) is 0.500. The highest BCUT2D eigenvalue weighted by atomic mass is 16.6. The van der Waals surface area contributed by atoms with Crippen molar-refractivity contribution in [3.63, 3.8) is 0 Å². The van der Waals surface area contributed by atoms with E-state index in [9.17, 15) is 14.9 Å². The smallest absolute Gasteiger partial charge is 0.270 e. The van der Waals surface area contributed by atoms with Crippen LogP contribution in [0.4, 0.5) is 11.4 Å². The van der Waals surface area contributed by atoms with Gasteiger partial charge in [-0.2, -0.15) is 0 Å². The number of carbonyl (C=O) groups is 1. The van der Waals surface area contributed by atoms with E-state index < -0.39 is 4.92 Å². The van der Waals surface area contributed by atoms with E-state index in [0.717, 1.165) is 6.42 Å². The minimum atomic E-state index is -0.532. The summed E-state index contributed by atoms with van der Waals surface area (Å²) >= 11 is 0. The van der Waals surface area contributed by atoms with E-state index in [1.54, 1.807) is 0 Å². The SMILES string of the molecule is CC1CCCC1CNC(=O)c1cc([N+](=O)[O-])ccc1N. The van der Waals surface area contributed by atoms with Crippen molar-refractivity contribution in [2.75, 3.05) is 12.3 Å². The third kappa shape index (κ3) is 3.07. The second-order valence-corrected chi connectivity index (χ2v) is 5.41. The summed E-state index contributed by atoms with van der Waals surface area (Å²) in [5, 5.41) is 13.6. The maximum absolute atomic E-state index is 12.1. The fourth-order valence-electron chi connectivity index (χ4n) is 2.70. The molecule has 0 radical (unpaired) electrons. The Labute approximate surface area is 117 Å². The summed E-state index contributed by atoms with van der Waals surface area (Å²) in [6, 6.07) is 3.92. The molecule has 0 saturated heterocycles. The zero-order chi connectivity index (χ0) is 14.7. The predicted molar refractivity (Wildman–Crippen MR) is 76.3 cm³/mol. The van der Waals surface area contributed by atoms with Crippen LogP contribution in [0.3, 0.4) is 0 Å². The van der Waals surface area contributed by atoms with Crippen molar-refractivity contribution < 1.29 is 9.72 Å². The molecule has 1 saturated carbocycles. The van der Waals surface area contributed by atoms with E-state index in [4.69, 9.17) is 5.73 Å². The molecule has 2 atom stereocenters. The van der Waals surface area contributed by atoms with Gasteiger partial charge < -0.3 is 11.1 Å². The molecule has 0 heterocycles. The standard InChI is InChI=1S/C14H19N3O3/c1-9-3-2-4-10(9)8-16-14(18)12-7-11(17(19)20)5-6-13(12)15/h5-7,9-10H,2-4,8,15H2,1H3,(H,16,18). The number of carbonyl (C=O) groups excluding carboxylic acids is 1. The molecule has 1 fully saturated rings. The highest BCUT2D eigenvalue weighted by Gasteiger charge is 2.24. The van der Waals surface area contributed by atoms with Crippen LogP contribution in [-0.4, -0.2) is 17.4 Å². The van der Waals surface area contributed by atoms with Crippen molar-refractivity contribution in [2.45, 2.75) is 26.2 Å². The first kappa shape index (κ1) is 14.3. The van der Waals surface area contributed by atoms with Crippen molar-refractivity contribution in [1.29, 1.82) is 0 Å². The van der Waals surface area contributed by atoms with E-state index in [2.05, 4.69) is 12.2 Å². The molecule has 6 heteroatoms. The molecule has 3 N–H and O–H groups in total. The number of nitro groups is 1. The number of nitrogen functional groups attached to an aromatic ring is 1.